The molecule has 0 spiro atoms. The monoisotopic (exact) mass is 428 g/mol. The molecule has 0 saturated carbocycles. The van der Waals surface area contributed by atoms with Crippen LogP contribution in [0.5, 0.6) is 11.5 Å². The summed E-state index contributed by atoms with van der Waals surface area (Å²) in [5.74, 6) is 0.356. The molecule has 0 aliphatic carbocycles. The highest BCUT2D eigenvalue weighted by molar-refractivity contribution is 7.60. The van der Waals surface area contributed by atoms with Gasteiger partial charge in [-0.25, -0.2) is 4.79 Å². The lowest BCUT2D eigenvalue weighted by Gasteiger charge is -2.18. The average molecular weight is 428 g/mol. The molecule has 0 aromatic heterocycles. The number of carbonyl (C=O) groups excluding carboxylic acids is 1. The van der Waals surface area contributed by atoms with Gasteiger partial charge in [-0.3, -0.25) is 4.57 Å². The van der Waals surface area contributed by atoms with Gasteiger partial charge in [-0.2, -0.15) is 0 Å². The van der Waals surface area contributed by atoms with E-state index >= 15 is 0 Å². The standard InChI is InChI=1S/C21H33O7P/c1-7-8-9-10-13-27-19-14-17(11-12-18(19)24-4)15-20(21(22)28-16(2)3)29(23,25-5)26-6/h11-12,14-16H,7-10,13H2,1-6H3/b20-15-. The average Bonchev–Trinajstić information content (AvgIpc) is 2.70. The maximum atomic E-state index is 12.9. The molecule has 0 fully saturated rings. The van der Waals surface area contributed by atoms with Crippen molar-refractivity contribution in [3.05, 3.63) is 29.1 Å². The number of rotatable bonds is 13. The lowest BCUT2D eigenvalue weighted by Crippen LogP contribution is -2.15. The number of esters is 1. The van der Waals surface area contributed by atoms with Gasteiger partial charge in [0.1, 0.15) is 5.31 Å². The van der Waals surface area contributed by atoms with Crippen LogP contribution in [0.15, 0.2) is 23.5 Å². The van der Waals surface area contributed by atoms with E-state index in [4.69, 9.17) is 23.3 Å². The summed E-state index contributed by atoms with van der Waals surface area (Å²) < 4.78 is 39.3. The van der Waals surface area contributed by atoms with E-state index in [-0.39, 0.29) is 11.4 Å². The van der Waals surface area contributed by atoms with Crippen molar-refractivity contribution in [3.8, 4) is 11.5 Å². The summed E-state index contributed by atoms with van der Waals surface area (Å²) in [5.41, 5.74) is 0.583. The third-order valence-corrected chi connectivity index (χ3v) is 5.94. The zero-order valence-corrected chi connectivity index (χ0v) is 19.1. The highest BCUT2D eigenvalue weighted by Crippen LogP contribution is 2.55. The van der Waals surface area contributed by atoms with Crippen LogP contribution >= 0.6 is 7.60 Å². The minimum absolute atomic E-state index is 0.185. The van der Waals surface area contributed by atoms with Crippen LogP contribution < -0.4 is 9.47 Å². The molecule has 0 heterocycles. The number of methoxy groups -OCH3 is 1. The van der Waals surface area contributed by atoms with Crippen LogP contribution in [-0.2, 0) is 23.1 Å². The number of hydrogen-bond acceptors (Lipinski definition) is 7. The van der Waals surface area contributed by atoms with E-state index in [1.807, 2.05) is 0 Å². The summed E-state index contributed by atoms with van der Waals surface area (Å²) in [5, 5.41) is -0.185. The minimum atomic E-state index is -3.82. The summed E-state index contributed by atoms with van der Waals surface area (Å²) >= 11 is 0. The Bertz CT molecular complexity index is 720. The van der Waals surface area contributed by atoms with E-state index in [1.54, 1.807) is 39.2 Å². The normalized spacial score (nSPS) is 12.2. The second-order valence-corrected chi connectivity index (χ2v) is 8.87. The Labute approximate surface area is 173 Å². The van der Waals surface area contributed by atoms with Gasteiger partial charge >= 0.3 is 13.6 Å². The smallest absolute Gasteiger partial charge is 0.368 e. The lowest BCUT2D eigenvalue weighted by molar-refractivity contribution is -0.141. The first-order chi connectivity index (χ1) is 13.8. The second-order valence-electron chi connectivity index (χ2n) is 6.67. The Hall–Kier alpha value is -1.82. The molecule has 29 heavy (non-hydrogen) atoms. The summed E-state index contributed by atoms with van der Waals surface area (Å²) in [7, 11) is 0.181. The molecule has 0 amide bonds. The van der Waals surface area contributed by atoms with Crippen LogP contribution in [0.1, 0.15) is 52.0 Å². The summed E-state index contributed by atoms with van der Waals surface area (Å²) in [6.45, 7) is 6.12. The fourth-order valence-corrected chi connectivity index (χ4v) is 3.69. The number of carbonyl (C=O) groups is 1. The van der Waals surface area contributed by atoms with Gasteiger partial charge in [-0.1, -0.05) is 32.3 Å². The zero-order valence-electron chi connectivity index (χ0n) is 18.2. The first kappa shape index (κ1) is 25.2. The Morgan fingerprint density at radius 3 is 2.31 bits per heavy atom. The van der Waals surface area contributed by atoms with Crippen molar-refractivity contribution >= 4 is 19.6 Å². The van der Waals surface area contributed by atoms with Gasteiger partial charge < -0.3 is 23.3 Å². The first-order valence-corrected chi connectivity index (χ1v) is 11.3. The predicted molar refractivity (Wildman–Crippen MR) is 113 cm³/mol. The zero-order chi connectivity index (χ0) is 21.9. The summed E-state index contributed by atoms with van der Waals surface area (Å²) in [6, 6.07) is 5.17. The van der Waals surface area contributed by atoms with Gasteiger partial charge in [0.15, 0.2) is 11.5 Å². The van der Waals surface area contributed by atoms with Gasteiger partial charge in [-0.05, 0) is 44.0 Å². The van der Waals surface area contributed by atoms with Gasteiger partial charge in [0.05, 0.1) is 19.8 Å². The minimum Gasteiger partial charge on any atom is -0.493 e. The first-order valence-electron chi connectivity index (χ1n) is 9.76. The van der Waals surface area contributed by atoms with E-state index in [9.17, 15) is 9.36 Å². The Morgan fingerprint density at radius 2 is 1.76 bits per heavy atom. The largest absolute Gasteiger partial charge is 0.493 e. The molecule has 0 saturated heterocycles. The van der Waals surface area contributed by atoms with Crippen molar-refractivity contribution in [2.45, 2.75) is 52.6 Å². The van der Waals surface area contributed by atoms with Gasteiger partial charge in [0, 0.05) is 14.2 Å². The molecule has 0 bridgehead atoms. The Morgan fingerprint density at radius 1 is 1.07 bits per heavy atom. The predicted octanol–water partition coefficient (Wildman–Crippen LogP) is 5.43. The fraction of sp³-hybridized carbons (Fsp3) is 0.571. The summed E-state index contributed by atoms with van der Waals surface area (Å²) in [4.78, 5) is 12.5. The molecule has 0 radical (unpaired) electrons. The Kier molecular flexibility index (Phi) is 11.0. The van der Waals surface area contributed by atoms with Crippen molar-refractivity contribution in [3.63, 3.8) is 0 Å². The van der Waals surface area contributed by atoms with Crippen LogP contribution in [0.4, 0.5) is 0 Å². The molecule has 1 rings (SSSR count). The molecule has 164 valence electrons. The molecule has 0 atom stereocenters. The highest BCUT2D eigenvalue weighted by atomic mass is 31.2. The number of hydrogen-bond donors (Lipinski definition) is 0. The Balaban J connectivity index is 3.21. The van der Waals surface area contributed by atoms with Crippen molar-refractivity contribution < 1.29 is 32.6 Å². The van der Waals surface area contributed by atoms with Gasteiger partial charge in [0.2, 0.25) is 0 Å². The quantitative estimate of drug-likeness (QED) is 0.179. The van der Waals surface area contributed by atoms with Crippen molar-refractivity contribution in [1.82, 2.24) is 0 Å². The molecule has 1 aromatic rings. The number of unbranched alkanes of at least 4 members (excludes halogenated alkanes) is 3. The van der Waals surface area contributed by atoms with Crippen LogP contribution in [0.2, 0.25) is 0 Å². The lowest BCUT2D eigenvalue weighted by atomic mass is 10.2. The number of ether oxygens (including phenoxy) is 3. The van der Waals surface area contributed by atoms with E-state index in [0.29, 0.717) is 23.7 Å². The summed E-state index contributed by atoms with van der Waals surface area (Å²) in [6.07, 6.45) is 5.39. The van der Waals surface area contributed by atoms with Gasteiger partial charge in [0.25, 0.3) is 0 Å². The molecular formula is C21H33O7P. The highest BCUT2D eigenvalue weighted by Gasteiger charge is 2.35. The third kappa shape index (κ3) is 7.84. The third-order valence-electron chi connectivity index (χ3n) is 4.07. The molecular weight excluding hydrogens is 395 g/mol. The van der Waals surface area contributed by atoms with Crippen LogP contribution in [-0.4, -0.2) is 40.0 Å². The molecule has 0 N–H and O–H groups in total. The van der Waals surface area contributed by atoms with Crippen molar-refractivity contribution in [2.24, 2.45) is 0 Å². The fourth-order valence-electron chi connectivity index (χ4n) is 2.56. The SMILES string of the molecule is CCCCCCOc1cc(/C=C(/C(=O)OC(C)C)P(=O)(OC)OC)ccc1OC. The van der Waals surface area contributed by atoms with E-state index < -0.39 is 13.6 Å². The number of benzene rings is 1. The van der Waals surface area contributed by atoms with E-state index in [2.05, 4.69) is 6.92 Å². The van der Waals surface area contributed by atoms with Crippen molar-refractivity contribution in [1.29, 1.82) is 0 Å². The molecule has 0 aliphatic heterocycles. The second kappa shape index (κ2) is 12.7. The van der Waals surface area contributed by atoms with Crippen LogP contribution in [0.3, 0.4) is 0 Å². The molecule has 7 nitrogen and oxygen atoms in total. The topological polar surface area (TPSA) is 80.3 Å². The van der Waals surface area contributed by atoms with Crippen LogP contribution in [0.25, 0.3) is 6.08 Å². The maximum absolute atomic E-state index is 12.9. The van der Waals surface area contributed by atoms with E-state index in [1.165, 1.54) is 20.3 Å². The molecule has 1 aromatic carbocycles. The molecule has 0 unspecified atom stereocenters. The van der Waals surface area contributed by atoms with Crippen molar-refractivity contribution in [2.75, 3.05) is 27.9 Å². The van der Waals surface area contributed by atoms with E-state index in [0.717, 1.165) is 25.7 Å². The maximum Gasteiger partial charge on any atom is 0.368 e. The molecule has 0 aliphatic rings. The van der Waals surface area contributed by atoms with Gasteiger partial charge in [-0.15, -0.1) is 0 Å². The van der Waals surface area contributed by atoms with Crippen LogP contribution in [0, 0.1) is 0 Å². The molecule has 8 heteroatoms.